The van der Waals surface area contributed by atoms with Gasteiger partial charge < -0.3 is 9.13 Å². The Bertz CT molecular complexity index is 3400. The zero-order valence-corrected chi connectivity index (χ0v) is 32.5. The molecule has 3 aliphatic rings. The lowest BCUT2D eigenvalue weighted by Gasteiger charge is -2.45. The molecule has 13 rings (SSSR count). The lowest BCUT2D eigenvalue weighted by Crippen LogP contribution is -2.37. The summed E-state index contributed by atoms with van der Waals surface area (Å²) in [6.45, 7) is 0. The van der Waals surface area contributed by atoms with Gasteiger partial charge in [-0.1, -0.05) is 176 Å². The topological polar surface area (TPSA) is 9.86 Å². The number of fused-ring (bicyclic) bond motifs is 14. The van der Waals surface area contributed by atoms with E-state index in [1.54, 1.807) is 0 Å². The third kappa shape index (κ3) is 4.29. The number of para-hydroxylation sites is 4. The van der Waals surface area contributed by atoms with Crippen LogP contribution in [0.4, 0.5) is 0 Å². The van der Waals surface area contributed by atoms with Crippen LogP contribution in [0.5, 0.6) is 0 Å². The summed E-state index contributed by atoms with van der Waals surface area (Å²) in [7, 11) is 0. The van der Waals surface area contributed by atoms with Crippen LogP contribution in [0.25, 0.3) is 60.4 Å². The summed E-state index contributed by atoms with van der Waals surface area (Å²) in [5, 5.41) is 5.19. The van der Waals surface area contributed by atoms with Gasteiger partial charge in [0.05, 0.1) is 33.7 Å². The molecule has 10 aromatic rings. The van der Waals surface area contributed by atoms with Crippen LogP contribution in [-0.4, -0.2) is 9.13 Å². The predicted octanol–water partition coefficient (Wildman–Crippen LogP) is 14.2. The monoisotopic (exact) mass is 756 g/mol. The van der Waals surface area contributed by atoms with E-state index >= 15 is 0 Å². The Morgan fingerprint density at radius 3 is 1.93 bits per heavy atom. The number of rotatable bonds is 3. The summed E-state index contributed by atoms with van der Waals surface area (Å²) in [6, 6.07) is 70.5. The Morgan fingerprint density at radius 1 is 0.466 bits per heavy atom. The molecule has 0 bridgehead atoms. The van der Waals surface area contributed by atoms with Crippen LogP contribution < -0.4 is 0 Å². The van der Waals surface area contributed by atoms with E-state index in [-0.39, 0.29) is 6.04 Å². The number of benzene rings is 8. The van der Waals surface area contributed by atoms with Gasteiger partial charge >= 0.3 is 0 Å². The molecule has 3 heteroatoms. The van der Waals surface area contributed by atoms with Crippen molar-refractivity contribution in [2.45, 2.75) is 27.7 Å². The van der Waals surface area contributed by atoms with Crippen molar-refractivity contribution < 1.29 is 0 Å². The minimum Gasteiger partial charge on any atom is -0.333 e. The largest absolute Gasteiger partial charge is 0.333 e. The van der Waals surface area contributed by atoms with Crippen LogP contribution in [0.15, 0.2) is 210 Å². The molecule has 2 aliphatic heterocycles. The van der Waals surface area contributed by atoms with Crippen molar-refractivity contribution in [3.8, 4) is 5.69 Å². The van der Waals surface area contributed by atoms with E-state index in [0.717, 1.165) is 6.42 Å². The molecule has 4 heterocycles. The van der Waals surface area contributed by atoms with Crippen LogP contribution in [0.3, 0.4) is 0 Å². The van der Waals surface area contributed by atoms with Gasteiger partial charge in [0.1, 0.15) is 0 Å². The summed E-state index contributed by atoms with van der Waals surface area (Å²) < 4.78 is 5.20. The molecule has 2 atom stereocenters. The van der Waals surface area contributed by atoms with Gasteiger partial charge in [-0.05, 0) is 87.3 Å². The highest BCUT2D eigenvalue weighted by atomic mass is 32.2. The molecule has 272 valence electrons. The van der Waals surface area contributed by atoms with Crippen molar-refractivity contribution in [1.82, 2.24) is 9.13 Å². The maximum Gasteiger partial charge on any atom is 0.0765 e. The molecule has 1 spiro atoms. The average molecular weight is 757 g/mol. The average Bonchev–Trinajstić information content (AvgIpc) is 3.81. The second-order valence-corrected chi connectivity index (χ2v) is 17.1. The lowest BCUT2D eigenvalue weighted by atomic mass is 9.62. The molecule has 0 saturated heterocycles. The maximum absolute atomic E-state index is 2.66. The summed E-state index contributed by atoms with van der Waals surface area (Å²) in [6.07, 6.45) is 5.83. The molecule has 0 amide bonds. The first-order valence-electron chi connectivity index (χ1n) is 20.3. The Hall–Kier alpha value is -6.81. The van der Waals surface area contributed by atoms with Gasteiger partial charge in [-0.3, -0.25) is 0 Å². The SMILES string of the molecule is C1=C(c2ccccc2)C=C(c2ccccc2)CC1n1c2ccccc2c2cc3c(cc21)C1(c2ccccc2S3)c2ccccc2-n2c3ccccc3c3cccc1c32. The molecule has 0 fully saturated rings. The van der Waals surface area contributed by atoms with Crippen LogP contribution in [-0.2, 0) is 5.41 Å². The molecular formula is C55H36N2S. The van der Waals surface area contributed by atoms with E-state index in [0.29, 0.717) is 0 Å². The van der Waals surface area contributed by atoms with Crippen molar-refractivity contribution in [3.63, 3.8) is 0 Å². The van der Waals surface area contributed by atoms with Crippen molar-refractivity contribution in [3.05, 3.63) is 234 Å². The van der Waals surface area contributed by atoms with Crippen molar-refractivity contribution in [2.75, 3.05) is 0 Å². The van der Waals surface area contributed by atoms with E-state index in [2.05, 4.69) is 209 Å². The van der Waals surface area contributed by atoms with Crippen molar-refractivity contribution in [2.24, 2.45) is 0 Å². The summed E-state index contributed by atoms with van der Waals surface area (Å²) in [5.41, 5.74) is 16.3. The first kappa shape index (κ1) is 32.3. The van der Waals surface area contributed by atoms with Crippen LogP contribution in [0.2, 0.25) is 0 Å². The van der Waals surface area contributed by atoms with E-state index in [4.69, 9.17) is 0 Å². The number of hydrogen-bond donors (Lipinski definition) is 0. The highest BCUT2D eigenvalue weighted by Gasteiger charge is 2.49. The Balaban J connectivity index is 1.15. The Labute approximate surface area is 341 Å². The van der Waals surface area contributed by atoms with Gasteiger partial charge in [0.15, 0.2) is 0 Å². The van der Waals surface area contributed by atoms with Gasteiger partial charge in [0.2, 0.25) is 0 Å². The number of hydrogen-bond acceptors (Lipinski definition) is 1. The van der Waals surface area contributed by atoms with E-state index < -0.39 is 5.41 Å². The van der Waals surface area contributed by atoms with E-state index in [1.807, 2.05) is 11.8 Å². The normalized spacial score (nSPS) is 18.0. The first-order valence-corrected chi connectivity index (χ1v) is 21.1. The first-order chi connectivity index (χ1) is 28.8. The minimum absolute atomic E-state index is 0.0972. The third-order valence-corrected chi connectivity index (χ3v) is 14.2. The number of aromatic nitrogens is 2. The van der Waals surface area contributed by atoms with Gasteiger partial charge in [-0.25, -0.2) is 0 Å². The highest BCUT2D eigenvalue weighted by molar-refractivity contribution is 7.99. The van der Waals surface area contributed by atoms with Crippen LogP contribution >= 0.6 is 11.8 Å². The second-order valence-electron chi connectivity index (χ2n) is 16.0. The van der Waals surface area contributed by atoms with Crippen LogP contribution in [0, 0.1) is 0 Å². The van der Waals surface area contributed by atoms with Gasteiger partial charge in [-0.2, -0.15) is 0 Å². The second kappa shape index (κ2) is 12.1. The number of allylic oxidation sites excluding steroid dienone is 4. The van der Waals surface area contributed by atoms with Crippen LogP contribution in [0.1, 0.15) is 45.8 Å². The molecule has 0 radical (unpaired) electrons. The summed E-state index contributed by atoms with van der Waals surface area (Å²) in [4.78, 5) is 2.63. The Morgan fingerprint density at radius 2 is 1.10 bits per heavy atom. The molecule has 2 nitrogen and oxygen atoms in total. The summed E-state index contributed by atoms with van der Waals surface area (Å²) >= 11 is 1.93. The zero-order valence-electron chi connectivity index (χ0n) is 31.6. The molecule has 0 saturated carbocycles. The maximum atomic E-state index is 2.66. The van der Waals surface area contributed by atoms with Crippen molar-refractivity contribution in [1.29, 1.82) is 0 Å². The smallest absolute Gasteiger partial charge is 0.0765 e. The molecule has 58 heavy (non-hydrogen) atoms. The molecule has 8 aromatic carbocycles. The highest BCUT2D eigenvalue weighted by Crippen LogP contribution is 2.61. The van der Waals surface area contributed by atoms with E-state index in [1.165, 1.54) is 104 Å². The lowest BCUT2D eigenvalue weighted by molar-refractivity contribution is 0.655. The quantitative estimate of drug-likeness (QED) is 0.175. The molecular weight excluding hydrogens is 721 g/mol. The standard InChI is InChI=1S/C55H36N2S/c1-3-16-35(17-4-1)37-30-38(36-18-5-2-6-19-36)32-39(31-37)56-48-26-11-8-21-41(48)43-33-53-47(34-51(43)56)55(45-24-10-14-29-52(45)58-53)44-23-9-13-28-50(44)57-49-27-12-7-20-40(49)42-22-15-25-46(55)54(42)57/h1-31,33-34,39H,32H2. The number of nitrogens with zero attached hydrogens (tertiary/aromatic N) is 2. The fourth-order valence-corrected chi connectivity index (χ4v) is 12.0. The fourth-order valence-electron chi connectivity index (χ4n) is 10.8. The van der Waals surface area contributed by atoms with Gasteiger partial charge in [-0.15, -0.1) is 0 Å². The Kier molecular flexibility index (Phi) is 6.74. The van der Waals surface area contributed by atoms with Gasteiger partial charge in [0, 0.05) is 36.9 Å². The van der Waals surface area contributed by atoms with E-state index in [9.17, 15) is 0 Å². The van der Waals surface area contributed by atoms with Crippen molar-refractivity contribution >= 4 is 66.5 Å². The predicted molar refractivity (Wildman–Crippen MR) is 242 cm³/mol. The molecule has 2 unspecified atom stereocenters. The fraction of sp³-hybridized carbons (Fsp3) is 0.0545. The summed E-state index contributed by atoms with van der Waals surface area (Å²) in [5.74, 6) is 0. The minimum atomic E-state index is -0.542. The molecule has 1 aliphatic carbocycles. The zero-order chi connectivity index (χ0) is 38.0. The molecule has 0 N–H and O–H groups in total. The molecule has 2 aromatic heterocycles. The third-order valence-electron chi connectivity index (χ3n) is 13.1. The van der Waals surface area contributed by atoms with Gasteiger partial charge in [0.25, 0.3) is 0 Å².